The minimum atomic E-state index is -3.71. The van der Waals surface area contributed by atoms with E-state index in [0.717, 1.165) is 23.2 Å². The minimum absolute atomic E-state index is 0.0722. The number of pyridine rings is 1. The molecule has 190 valence electrons. The molecular formula is C26H25ClN6O3S. The number of nitrogens with zero attached hydrogens (tertiary/aromatic N) is 4. The molecule has 0 bridgehead atoms. The molecular weight excluding hydrogens is 512 g/mol. The number of benzene rings is 1. The third-order valence-corrected chi connectivity index (χ3v) is 7.80. The van der Waals surface area contributed by atoms with E-state index in [1.165, 1.54) is 24.5 Å². The first kappa shape index (κ1) is 23.9. The van der Waals surface area contributed by atoms with Crippen molar-refractivity contribution in [3.63, 3.8) is 0 Å². The molecule has 0 radical (unpaired) electrons. The maximum Gasteiger partial charge on any atom is 0.250 e. The van der Waals surface area contributed by atoms with E-state index in [0.29, 0.717) is 23.9 Å². The standard InChI is InChI=1S/C26H25ClN6O3S/c1-37(35,36)26-31-22(28-12-19-14-33-13-17(15-5-6-15)7-8-24(33)29-19)11-23(32-26)30-25(34)21-10-20(21)16-3-2-4-18(27)9-16/h2-4,7-9,11,13-15,20-21H,5-6,10,12H2,1H3,(H2,28,30,31,32,34)/t20-,21+/m1/s1. The maximum absolute atomic E-state index is 12.9. The van der Waals surface area contributed by atoms with Crippen LogP contribution >= 0.6 is 11.6 Å². The van der Waals surface area contributed by atoms with E-state index in [1.54, 1.807) is 6.07 Å². The van der Waals surface area contributed by atoms with E-state index in [4.69, 9.17) is 11.6 Å². The van der Waals surface area contributed by atoms with Gasteiger partial charge in [-0.25, -0.2) is 23.4 Å². The summed E-state index contributed by atoms with van der Waals surface area (Å²) in [6.07, 6.45) is 8.24. The van der Waals surface area contributed by atoms with Crippen molar-refractivity contribution in [2.75, 3.05) is 16.9 Å². The summed E-state index contributed by atoms with van der Waals surface area (Å²) in [7, 11) is -3.71. The number of amides is 1. The van der Waals surface area contributed by atoms with Crippen molar-refractivity contribution >= 4 is 44.6 Å². The number of carbonyl (C=O) groups is 1. The van der Waals surface area contributed by atoms with Gasteiger partial charge in [-0.05, 0) is 60.4 Å². The van der Waals surface area contributed by atoms with Crippen LogP contribution in [0, 0.1) is 5.92 Å². The van der Waals surface area contributed by atoms with Crippen molar-refractivity contribution in [2.24, 2.45) is 5.92 Å². The fraction of sp³-hybridized carbons (Fsp3) is 0.308. The lowest BCUT2D eigenvalue weighted by Crippen LogP contribution is -2.18. The molecule has 3 aromatic heterocycles. The Bertz CT molecular complexity index is 1630. The lowest BCUT2D eigenvalue weighted by Gasteiger charge is -2.10. The molecule has 37 heavy (non-hydrogen) atoms. The van der Waals surface area contributed by atoms with Gasteiger partial charge >= 0.3 is 0 Å². The van der Waals surface area contributed by atoms with Gasteiger partial charge in [-0.2, -0.15) is 0 Å². The molecule has 0 saturated heterocycles. The Morgan fingerprint density at radius 3 is 2.62 bits per heavy atom. The summed E-state index contributed by atoms with van der Waals surface area (Å²) in [5.41, 5.74) is 3.94. The summed E-state index contributed by atoms with van der Waals surface area (Å²) >= 11 is 6.08. The van der Waals surface area contributed by atoms with Crippen LogP contribution in [0.3, 0.4) is 0 Å². The Hall–Kier alpha value is -3.50. The number of hydrogen-bond donors (Lipinski definition) is 2. The van der Waals surface area contributed by atoms with Gasteiger partial charge in [-0.1, -0.05) is 29.8 Å². The van der Waals surface area contributed by atoms with Crippen molar-refractivity contribution in [3.05, 3.63) is 76.7 Å². The Labute approximate surface area is 219 Å². The number of rotatable bonds is 8. The van der Waals surface area contributed by atoms with Crippen molar-refractivity contribution < 1.29 is 13.2 Å². The predicted molar refractivity (Wildman–Crippen MR) is 141 cm³/mol. The number of carbonyl (C=O) groups excluding carboxylic acids is 1. The zero-order valence-corrected chi connectivity index (χ0v) is 21.6. The van der Waals surface area contributed by atoms with Gasteiger partial charge < -0.3 is 15.0 Å². The topological polar surface area (TPSA) is 118 Å². The zero-order chi connectivity index (χ0) is 25.7. The Kier molecular flexibility index (Phi) is 5.88. The molecule has 6 rings (SSSR count). The predicted octanol–water partition coefficient (Wildman–Crippen LogP) is 4.41. The van der Waals surface area contributed by atoms with Crippen LogP contribution < -0.4 is 10.6 Å². The van der Waals surface area contributed by atoms with Crippen molar-refractivity contribution in [3.8, 4) is 0 Å². The molecule has 2 aliphatic rings. The van der Waals surface area contributed by atoms with Crippen molar-refractivity contribution in [1.82, 2.24) is 19.4 Å². The van der Waals surface area contributed by atoms with E-state index in [9.17, 15) is 13.2 Å². The SMILES string of the molecule is CS(=O)(=O)c1nc(NCc2cn3cc(C4CC4)ccc3n2)cc(NC(=O)[C@H]2C[C@@H]2c2cccc(Cl)c2)n1. The van der Waals surface area contributed by atoms with Gasteiger partial charge in [0.2, 0.25) is 15.7 Å². The van der Waals surface area contributed by atoms with Crippen LogP contribution in [-0.4, -0.2) is 39.9 Å². The number of sulfone groups is 1. The normalized spacial score (nSPS) is 19.1. The highest BCUT2D eigenvalue weighted by Crippen LogP contribution is 2.48. The minimum Gasteiger partial charge on any atom is -0.364 e. The molecule has 3 heterocycles. The molecule has 4 aromatic rings. The first-order valence-corrected chi connectivity index (χ1v) is 14.4. The molecule has 9 nitrogen and oxygen atoms in total. The maximum atomic E-state index is 12.9. The van der Waals surface area contributed by atoms with E-state index in [1.807, 2.05) is 34.9 Å². The molecule has 0 unspecified atom stereocenters. The van der Waals surface area contributed by atoms with Gasteiger partial charge in [0.05, 0.1) is 12.2 Å². The van der Waals surface area contributed by atoms with Gasteiger partial charge in [0, 0.05) is 35.7 Å². The number of aromatic nitrogens is 4. The number of anilines is 2. The van der Waals surface area contributed by atoms with E-state index >= 15 is 0 Å². The van der Waals surface area contributed by atoms with Crippen LogP contribution in [0.15, 0.2) is 60.0 Å². The van der Waals surface area contributed by atoms with Crippen molar-refractivity contribution in [1.29, 1.82) is 0 Å². The van der Waals surface area contributed by atoms with E-state index in [-0.39, 0.29) is 34.5 Å². The molecule has 0 spiro atoms. The average molecular weight is 537 g/mol. The average Bonchev–Trinajstić information content (AvgIpc) is 3.78. The molecule has 2 fully saturated rings. The van der Waals surface area contributed by atoms with Gasteiger partial charge in [0.25, 0.3) is 5.16 Å². The second-order valence-corrected chi connectivity index (χ2v) is 12.1. The number of nitrogens with one attached hydrogen (secondary N) is 2. The summed E-state index contributed by atoms with van der Waals surface area (Å²) in [5, 5.41) is 6.16. The highest BCUT2D eigenvalue weighted by Gasteiger charge is 2.44. The molecule has 1 amide bonds. The number of imidazole rings is 1. The summed E-state index contributed by atoms with van der Waals surface area (Å²) in [4.78, 5) is 25.7. The molecule has 2 N–H and O–H groups in total. The highest BCUT2D eigenvalue weighted by molar-refractivity contribution is 7.90. The molecule has 0 aliphatic heterocycles. The van der Waals surface area contributed by atoms with Crippen LogP contribution in [0.2, 0.25) is 5.02 Å². The largest absolute Gasteiger partial charge is 0.364 e. The Morgan fingerprint density at radius 1 is 1.05 bits per heavy atom. The Balaban J connectivity index is 1.18. The fourth-order valence-corrected chi connectivity index (χ4v) is 5.27. The molecule has 1 aromatic carbocycles. The summed E-state index contributed by atoms with van der Waals surface area (Å²) < 4.78 is 26.5. The van der Waals surface area contributed by atoms with Crippen LogP contribution in [0.1, 0.15) is 47.9 Å². The van der Waals surface area contributed by atoms with Crippen LogP contribution in [0.4, 0.5) is 11.6 Å². The van der Waals surface area contributed by atoms with Gasteiger partial charge in [0.15, 0.2) is 0 Å². The zero-order valence-electron chi connectivity index (χ0n) is 20.1. The second-order valence-electron chi connectivity index (χ2n) is 9.77. The van der Waals surface area contributed by atoms with Crippen LogP contribution in [0.25, 0.3) is 5.65 Å². The fourth-order valence-electron chi connectivity index (χ4n) is 4.54. The number of hydrogen-bond acceptors (Lipinski definition) is 7. The van der Waals surface area contributed by atoms with Gasteiger partial charge in [-0.15, -0.1) is 0 Å². The molecule has 2 saturated carbocycles. The third-order valence-electron chi connectivity index (χ3n) is 6.72. The summed E-state index contributed by atoms with van der Waals surface area (Å²) in [5.74, 6) is 0.676. The lowest BCUT2D eigenvalue weighted by atomic mass is 10.1. The van der Waals surface area contributed by atoms with Crippen LogP contribution in [0.5, 0.6) is 0 Å². The monoisotopic (exact) mass is 536 g/mol. The quantitative estimate of drug-likeness (QED) is 0.320. The van der Waals surface area contributed by atoms with E-state index in [2.05, 4.69) is 37.8 Å². The Morgan fingerprint density at radius 2 is 1.86 bits per heavy atom. The highest BCUT2D eigenvalue weighted by atomic mass is 35.5. The first-order valence-electron chi connectivity index (χ1n) is 12.1. The van der Waals surface area contributed by atoms with Gasteiger partial charge in [-0.3, -0.25) is 4.79 Å². The van der Waals surface area contributed by atoms with Crippen molar-refractivity contribution in [2.45, 2.75) is 42.8 Å². The van der Waals surface area contributed by atoms with Gasteiger partial charge in [0.1, 0.15) is 17.3 Å². The number of halogens is 1. The lowest BCUT2D eigenvalue weighted by molar-refractivity contribution is -0.117. The smallest absolute Gasteiger partial charge is 0.250 e. The summed E-state index contributed by atoms with van der Waals surface area (Å²) in [6, 6.07) is 13.1. The molecule has 2 aliphatic carbocycles. The number of fused-ring (bicyclic) bond motifs is 1. The van der Waals surface area contributed by atoms with Crippen LogP contribution in [-0.2, 0) is 21.2 Å². The molecule has 2 atom stereocenters. The summed E-state index contributed by atoms with van der Waals surface area (Å²) in [6.45, 7) is 0.327. The first-order chi connectivity index (χ1) is 17.7. The second kappa shape index (κ2) is 9.11. The molecule has 11 heteroatoms. The van der Waals surface area contributed by atoms with E-state index < -0.39 is 9.84 Å². The third kappa shape index (κ3) is 5.30.